The summed E-state index contributed by atoms with van der Waals surface area (Å²) in [5.74, 6) is 0.567. The Balaban J connectivity index is 2.92. The number of hydrogen-bond donors (Lipinski definition) is 1. The maximum atomic E-state index is 5.74. The number of nitrogens with two attached hydrogens (primary N) is 1. The third kappa shape index (κ3) is 0.921. The van der Waals surface area contributed by atoms with Crippen LogP contribution in [0.15, 0.2) is 12.4 Å². The van der Waals surface area contributed by atoms with Gasteiger partial charge in [-0.25, -0.2) is 9.97 Å². The second-order valence-corrected chi connectivity index (χ2v) is 2.91. The lowest BCUT2D eigenvalue weighted by atomic mass is 10.5. The zero-order valence-corrected chi connectivity index (χ0v) is 7.21. The maximum Gasteiger partial charge on any atom is 0.160 e. The summed E-state index contributed by atoms with van der Waals surface area (Å²) in [6.07, 6.45) is 3.23. The minimum absolute atomic E-state index is 0.421. The number of nitrogen functional groups attached to an aromatic ring is 1. The van der Waals surface area contributed by atoms with Gasteiger partial charge in [0, 0.05) is 6.20 Å². The number of aromatic nitrogens is 3. The summed E-state index contributed by atoms with van der Waals surface area (Å²) >= 11 is 5.74. The van der Waals surface area contributed by atoms with Crippen LogP contribution < -0.4 is 5.73 Å². The average Bonchev–Trinajstić information content (AvgIpc) is 2.33. The molecule has 0 saturated carbocycles. The summed E-state index contributed by atoms with van der Waals surface area (Å²) in [5.41, 5.74) is 7.15. The fourth-order valence-corrected chi connectivity index (χ4v) is 1.35. The van der Waals surface area contributed by atoms with E-state index in [0.717, 1.165) is 11.3 Å². The van der Waals surface area contributed by atoms with Crippen molar-refractivity contribution in [3.8, 4) is 0 Å². The molecule has 62 valence electrons. The topological polar surface area (TPSA) is 56.2 Å². The van der Waals surface area contributed by atoms with E-state index < -0.39 is 0 Å². The number of hydrogen-bond acceptors (Lipinski definition) is 3. The Morgan fingerprint density at radius 2 is 2.33 bits per heavy atom. The van der Waals surface area contributed by atoms with Crippen LogP contribution in [0.1, 0.15) is 5.69 Å². The molecule has 0 unspecified atom stereocenters. The minimum Gasteiger partial charge on any atom is -0.383 e. The first kappa shape index (κ1) is 7.36. The highest BCUT2D eigenvalue weighted by Gasteiger charge is 2.04. The van der Waals surface area contributed by atoms with Crippen molar-refractivity contribution in [2.45, 2.75) is 6.92 Å². The third-order valence-corrected chi connectivity index (χ3v) is 1.84. The Hall–Kier alpha value is -1.29. The second-order valence-electron chi connectivity index (χ2n) is 2.53. The molecule has 0 amide bonds. The standard InChI is InChI=1S/C7H7ClN4/c1-4-7-10-2-6(9)12(7)3-5(8)11-4/h2-3H,9H2,1H3. The Kier molecular flexibility index (Phi) is 1.44. The van der Waals surface area contributed by atoms with E-state index in [0.29, 0.717) is 11.0 Å². The summed E-state index contributed by atoms with van der Waals surface area (Å²) in [5, 5.41) is 0.421. The molecule has 4 nitrogen and oxygen atoms in total. The van der Waals surface area contributed by atoms with Crippen LogP contribution in [-0.4, -0.2) is 14.4 Å². The zero-order valence-electron chi connectivity index (χ0n) is 6.45. The van der Waals surface area contributed by atoms with Crippen molar-refractivity contribution >= 4 is 23.1 Å². The van der Waals surface area contributed by atoms with Gasteiger partial charge in [0.1, 0.15) is 11.0 Å². The van der Waals surface area contributed by atoms with Gasteiger partial charge >= 0.3 is 0 Å². The van der Waals surface area contributed by atoms with Crippen molar-refractivity contribution in [2.75, 3.05) is 5.73 Å². The van der Waals surface area contributed by atoms with E-state index in [1.807, 2.05) is 6.92 Å². The van der Waals surface area contributed by atoms with Crippen LogP contribution in [0.4, 0.5) is 5.82 Å². The fraction of sp³-hybridized carbons (Fsp3) is 0.143. The van der Waals surface area contributed by atoms with E-state index in [4.69, 9.17) is 17.3 Å². The van der Waals surface area contributed by atoms with Crippen LogP contribution >= 0.6 is 11.6 Å². The first-order valence-corrected chi connectivity index (χ1v) is 3.82. The van der Waals surface area contributed by atoms with Gasteiger partial charge in [0.15, 0.2) is 5.65 Å². The predicted molar refractivity (Wildman–Crippen MR) is 47.1 cm³/mol. The molecule has 0 aliphatic carbocycles. The van der Waals surface area contributed by atoms with Gasteiger partial charge in [-0.15, -0.1) is 0 Å². The Labute approximate surface area is 74.0 Å². The first-order chi connectivity index (χ1) is 5.68. The number of imidazole rings is 1. The minimum atomic E-state index is 0.421. The van der Waals surface area contributed by atoms with Crippen molar-refractivity contribution in [1.29, 1.82) is 0 Å². The van der Waals surface area contributed by atoms with Gasteiger partial charge in [0.05, 0.1) is 11.9 Å². The van der Waals surface area contributed by atoms with Crippen LogP contribution in [0.25, 0.3) is 5.65 Å². The largest absolute Gasteiger partial charge is 0.383 e. The normalized spacial score (nSPS) is 10.8. The van der Waals surface area contributed by atoms with Crippen LogP contribution in [0.3, 0.4) is 0 Å². The molecule has 0 radical (unpaired) electrons. The van der Waals surface area contributed by atoms with E-state index in [-0.39, 0.29) is 0 Å². The molecular weight excluding hydrogens is 176 g/mol. The van der Waals surface area contributed by atoms with E-state index in [1.165, 1.54) is 0 Å². The average molecular weight is 183 g/mol. The summed E-state index contributed by atoms with van der Waals surface area (Å²) in [6.45, 7) is 1.84. The molecule has 2 aromatic heterocycles. The first-order valence-electron chi connectivity index (χ1n) is 3.44. The molecule has 2 heterocycles. The molecule has 0 atom stereocenters. The van der Waals surface area contributed by atoms with Gasteiger partial charge in [0.25, 0.3) is 0 Å². The molecule has 2 rings (SSSR count). The van der Waals surface area contributed by atoms with Gasteiger partial charge in [-0.1, -0.05) is 11.6 Å². The Bertz CT molecular complexity index is 434. The van der Waals surface area contributed by atoms with Gasteiger partial charge in [-0.3, -0.25) is 4.40 Å². The molecule has 2 aromatic rings. The van der Waals surface area contributed by atoms with E-state index in [9.17, 15) is 0 Å². The Morgan fingerprint density at radius 3 is 3.08 bits per heavy atom. The molecule has 0 aliphatic heterocycles. The van der Waals surface area contributed by atoms with Crippen molar-refractivity contribution < 1.29 is 0 Å². The molecule has 5 heteroatoms. The highest BCUT2D eigenvalue weighted by Crippen LogP contribution is 2.14. The summed E-state index contributed by atoms with van der Waals surface area (Å²) in [7, 11) is 0. The summed E-state index contributed by atoms with van der Waals surface area (Å²) in [6, 6.07) is 0. The van der Waals surface area contributed by atoms with Crippen LogP contribution in [-0.2, 0) is 0 Å². The quantitative estimate of drug-likeness (QED) is 0.668. The van der Waals surface area contributed by atoms with Crippen molar-refractivity contribution in [3.63, 3.8) is 0 Å². The van der Waals surface area contributed by atoms with Gasteiger partial charge in [-0.05, 0) is 6.92 Å². The molecule has 0 fully saturated rings. The lowest BCUT2D eigenvalue weighted by molar-refractivity contribution is 1.08. The number of nitrogens with zero attached hydrogens (tertiary/aromatic N) is 3. The van der Waals surface area contributed by atoms with Crippen LogP contribution in [0, 0.1) is 6.92 Å². The van der Waals surface area contributed by atoms with Crippen molar-refractivity contribution in [3.05, 3.63) is 23.2 Å². The predicted octanol–water partition coefficient (Wildman–Crippen LogP) is 1.27. The number of halogens is 1. The van der Waals surface area contributed by atoms with Crippen molar-refractivity contribution in [1.82, 2.24) is 14.4 Å². The highest BCUT2D eigenvalue weighted by atomic mass is 35.5. The van der Waals surface area contributed by atoms with E-state index in [2.05, 4.69) is 9.97 Å². The fourth-order valence-electron chi connectivity index (χ4n) is 1.12. The smallest absolute Gasteiger partial charge is 0.160 e. The number of rotatable bonds is 0. The third-order valence-electron chi connectivity index (χ3n) is 1.66. The van der Waals surface area contributed by atoms with Crippen LogP contribution in [0.2, 0.25) is 5.15 Å². The zero-order chi connectivity index (χ0) is 8.72. The maximum absolute atomic E-state index is 5.74. The molecule has 12 heavy (non-hydrogen) atoms. The molecule has 0 bridgehead atoms. The highest BCUT2D eigenvalue weighted by molar-refractivity contribution is 6.29. The second kappa shape index (κ2) is 2.35. The SMILES string of the molecule is Cc1nc(Cl)cn2c(N)cnc12. The molecule has 2 N–H and O–H groups in total. The monoisotopic (exact) mass is 182 g/mol. The molecule has 0 spiro atoms. The number of fused-ring (bicyclic) bond motifs is 1. The van der Waals surface area contributed by atoms with Gasteiger partial charge in [-0.2, -0.15) is 0 Å². The summed E-state index contributed by atoms with van der Waals surface area (Å²) in [4.78, 5) is 8.12. The number of aryl methyl sites for hydroxylation is 1. The Morgan fingerprint density at radius 1 is 1.58 bits per heavy atom. The van der Waals surface area contributed by atoms with E-state index in [1.54, 1.807) is 16.8 Å². The molecule has 0 aliphatic rings. The van der Waals surface area contributed by atoms with Gasteiger partial charge < -0.3 is 5.73 Å². The number of anilines is 1. The molecular formula is C7H7ClN4. The molecule has 0 aromatic carbocycles. The van der Waals surface area contributed by atoms with Crippen LogP contribution in [0.5, 0.6) is 0 Å². The van der Waals surface area contributed by atoms with Gasteiger partial charge in [0.2, 0.25) is 0 Å². The molecule has 0 saturated heterocycles. The lowest BCUT2D eigenvalue weighted by Gasteiger charge is -1.98. The van der Waals surface area contributed by atoms with E-state index >= 15 is 0 Å². The van der Waals surface area contributed by atoms with Crippen molar-refractivity contribution in [2.24, 2.45) is 0 Å². The lowest BCUT2D eigenvalue weighted by Crippen LogP contribution is -1.96. The summed E-state index contributed by atoms with van der Waals surface area (Å²) < 4.78 is 1.71.